The molecule has 2 atom stereocenters. The number of sulfonamides is 1. The van der Waals surface area contributed by atoms with E-state index in [4.69, 9.17) is 0 Å². The van der Waals surface area contributed by atoms with Crippen LogP contribution in [0.1, 0.15) is 18.0 Å². The van der Waals surface area contributed by atoms with Gasteiger partial charge in [0.1, 0.15) is 6.17 Å². The average molecular weight is 441 g/mol. The van der Waals surface area contributed by atoms with Crippen molar-refractivity contribution in [2.75, 3.05) is 19.6 Å². The number of halogens is 1. The molecule has 4 aromatic rings. The second-order valence-corrected chi connectivity index (χ2v) is 9.95. The number of nitrogens with zero attached hydrogens (tertiary/aromatic N) is 2. The molecule has 3 heterocycles. The molecule has 1 saturated heterocycles. The molecular weight excluding hydrogens is 415 g/mol. The highest BCUT2D eigenvalue weighted by molar-refractivity contribution is 7.89. The molecule has 0 bridgehead atoms. The number of aromatic amines is 1. The van der Waals surface area contributed by atoms with Gasteiger partial charge in [-0.05, 0) is 41.6 Å². The van der Waals surface area contributed by atoms with Gasteiger partial charge in [-0.3, -0.25) is 4.90 Å². The normalized spacial score (nSPS) is 18.8. The maximum Gasteiger partial charge on any atom is 0.240 e. The van der Waals surface area contributed by atoms with Gasteiger partial charge in [0.25, 0.3) is 0 Å². The molecule has 0 spiro atoms. The molecule has 1 aliphatic rings. The van der Waals surface area contributed by atoms with Crippen molar-refractivity contribution in [1.82, 2.24) is 19.2 Å². The third-order valence-corrected chi connectivity index (χ3v) is 7.61. The number of alkyl halides is 1. The Kier molecular flexibility index (Phi) is 5.08. The SMILES string of the molecule is Cn1cc(C(CNS(=O)(=O)c2ccc3cc[nH]c3c2)N2CC[C@H](F)C2)c2ccccc21. The molecule has 0 amide bonds. The quantitative estimate of drug-likeness (QED) is 0.480. The lowest BCUT2D eigenvalue weighted by atomic mass is 10.0. The van der Waals surface area contributed by atoms with Gasteiger partial charge in [-0.1, -0.05) is 24.3 Å². The van der Waals surface area contributed by atoms with Crippen molar-refractivity contribution in [2.24, 2.45) is 7.05 Å². The summed E-state index contributed by atoms with van der Waals surface area (Å²) < 4.78 is 45.0. The Morgan fingerprint density at radius 1 is 1.23 bits per heavy atom. The van der Waals surface area contributed by atoms with E-state index in [-0.39, 0.29) is 17.5 Å². The number of rotatable bonds is 6. The Bertz CT molecular complexity index is 1340. The molecule has 1 fully saturated rings. The Labute approximate surface area is 180 Å². The zero-order chi connectivity index (χ0) is 21.6. The molecule has 1 unspecified atom stereocenters. The largest absolute Gasteiger partial charge is 0.361 e. The predicted molar refractivity (Wildman–Crippen MR) is 120 cm³/mol. The van der Waals surface area contributed by atoms with E-state index in [1.807, 2.05) is 53.0 Å². The van der Waals surface area contributed by atoms with Crippen molar-refractivity contribution < 1.29 is 12.8 Å². The van der Waals surface area contributed by atoms with Crippen LogP contribution in [0.25, 0.3) is 21.8 Å². The third-order valence-electron chi connectivity index (χ3n) is 6.19. The first-order chi connectivity index (χ1) is 14.9. The van der Waals surface area contributed by atoms with E-state index < -0.39 is 16.2 Å². The summed E-state index contributed by atoms with van der Waals surface area (Å²) in [5.74, 6) is 0. The number of hydrogen-bond donors (Lipinski definition) is 2. The van der Waals surface area contributed by atoms with Gasteiger partial charge < -0.3 is 9.55 Å². The van der Waals surface area contributed by atoms with Gasteiger partial charge in [0, 0.05) is 55.5 Å². The summed E-state index contributed by atoms with van der Waals surface area (Å²) in [5, 5.41) is 2.02. The molecule has 0 saturated carbocycles. The number of benzene rings is 2. The van der Waals surface area contributed by atoms with Crippen LogP contribution < -0.4 is 4.72 Å². The van der Waals surface area contributed by atoms with Crippen molar-refractivity contribution >= 4 is 31.8 Å². The van der Waals surface area contributed by atoms with E-state index in [9.17, 15) is 12.8 Å². The second kappa shape index (κ2) is 7.78. The fourth-order valence-electron chi connectivity index (χ4n) is 4.57. The number of H-pyrrole nitrogens is 1. The molecule has 31 heavy (non-hydrogen) atoms. The summed E-state index contributed by atoms with van der Waals surface area (Å²) in [6, 6.07) is 14.7. The van der Waals surface area contributed by atoms with Gasteiger partial charge in [0.15, 0.2) is 0 Å². The highest BCUT2D eigenvalue weighted by Gasteiger charge is 2.32. The van der Waals surface area contributed by atoms with Crippen LogP contribution in [-0.2, 0) is 17.1 Å². The summed E-state index contributed by atoms with van der Waals surface area (Å²) in [7, 11) is -1.75. The lowest BCUT2D eigenvalue weighted by molar-refractivity contribution is 0.224. The fourth-order valence-corrected chi connectivity index (χ4v) is 5.63. The number of likely N-dealkylation sites (tertiary alicyclic amines) is 1. The first-order valence-corrected chi connectivity index (χ1v) is 11.9. The molecular formula is C23H25FN4O2S. The number of nitrogens with one attached hydrogen (secondary N) is 2. The van der Waals surface area contributed by atoms with E-state index >= 15 is 0 Å². The summed E-state index contributed by atoms with van der Waals surface area (Å²) in [5.41, 5.74) is 2.85. The Hall–Kier alpha value is -2.68. The Morgan fingerprint density at radius 2 is 2.06 bits per heavy atom. The fraction of sp³-hybridized carbons (Fsp3) is 0.304. The number of hydrogen-bond acceptors (Lipinski definition) is 3. The summed E-state index contributed by atoms with van der Waals surface area (Å²) in [6.07, 6.45) is 3.40. The highest BCUT2D eigenvalue weighted by Crippen LogP contribution is 2.32. The molecule has 162 valence electrons. The van der Waals surface area contributed by atoms with E-state index in [0.29, 0.717) is 19.5 Å². The molecule has 2 aromatic carbocycles. The average Bonchev–Trinajstić information content (AvgIpc) is 3.48. The number of aromatic nitrogens is 2. The first kappa shape index (κ1) is 20.2. The van der Waals surface area contributed by atoms with Crippen LogP contribution in [0.2, 0.25) is 0 Å². The van der Waals surface area contributed by atoms with Crippen LogP contribution in [0.4, 0.5) is 4.39 Å². The molecule has 6 nitrogen and oxygen atoms in total. The summed E-state index contributed by atoms with van der Waals surface area (Å²) >= 11 is 0. The standard InChI is InChI=1S/C23H25FN4O2S/c1-27-15-20(19-4-2-3-5-22(19)27)23(28-11-9-17(24)14-28)13-26-31(29,30)18-7-6-16-8-10-25-21(16)12-18/h2-8,10,12,15,17,23,25-26H,9,11,13-14H2,1H3/t17-,23?/m0/s1. The van der Waals surface area contributed by atoms with Crippen LogP contribution in [0.15, 0.2) is 65.8 Å². The highest BCUT2D eigenvalue weighted by atomic mass is 32.2. The van der Waals surface area contributed by atoms with Crippen molar-refractivity contribution in [1.29, 1.82) is 0 Å². The van der Waals surface area contributed by atoms with Crippen molar-refractivity contribution in [3.63, 3.8) is 0 Å². The van der Waals surface area contributed by atoms with Crippen LogP contribution in [-0.4, -0.2) is 48.7 Å². The van der Waals surface area contributed by atoms with Crippen LogP contribution in [0.3, 0.4) is 0 Å². The lowest BCUT2D eigenvalue weighted by Crippen LogP contribution is -2.37. The summed E-state index contributed by atoms with van der Waals surface area (Å²) in [4.78, 5) is 5.31. The maximum atomic E-state index is 14.0. The second-order valence-electron chi connectivity index (χ2n) is 8.19. The number of fused-ring (bicyclic) bond motifs is 2. The van der Waals surface area contributed by atoms with Gasteiger partial charge in [0.2, 0.25) is 10.0 Å². The van der Waals surface area contributed by atoms with E-state index in [0.717, 1.165) is 27.4 Å². The van der Waals surface area contributed by atoms with Crippen LogP contribution in [0, 0.1) is 0 Å². The Morgan fingerprint density at radius 3 is 2.87 bits per heavy atom. The minimum absolute atomic E-state index is 0.172. The topological polar surface area (TPSA) is 70.1 Å². The zero-order valence-electron chi connectivity index (χ0n) is 17.3. The lowest BCUT2D eigenvalue weighted by Gasteiger charge is -2.27. The van der Waals surface area contributed by atoms with Gasteiger partial charge in [0.05, 0.1) is 10.9 Å². The van der Waals surface area contributed by atoms with Gasteiger partial charge in [-0.25, -0.2) is 17.5 Å². The van der Waals surface area contributed by atoms with Gasteiger partial charge in [-0.2, -0.15) is 0 Å². The minimum Gasteiger partial charge on any atom is -0.361 e. The van der Waals surface area contributed by atoms with E-state index in [1.54, 1.807) is 24.4 Å². The zero-order valence-corrected chi connectivity index (χ0v) is 18.1. The molecule has 2 N–H and O–H groups in total. The molecule has 2 aromatic heterocycles. The van der Waals surface area contributed by atoms with Crippen molar-refractivity contribution in [2.45, 2.75) is 23.5 Å². The van der Waals surface area contributed by atoms with Crippen molar-refractivity contribution in [3.05, 3.63) is 66.5 Å². The Balaban J connectivity index is 1.47. The number of aryl methyl sites for hydroxylation is 1. The van der Waals surface area contributed by atoms with Crippen molar-refractivity contribution in [3.8, 4) is 0 Å². The smallest absolute Gasteiger partial charge is 0.240 e. The van der Waals surface area contributed by atoms with Gasteiger partial charge in [-0.15, -0.1) is 0 Å². The molecule has 8 heteroatoms. The predicted octanol–water partition coefficient (Wildman–Crippen LogP) is 3.72. The first-order valence-electron chi connectivity index (χ1n) is 10.4. The van der Waals surface area contributed by atoms with Crippen LogP contribution >= 0.6 is 0 Å². The monoisotopic (exact) mass is 440 g/mol. The summed E-state index contributed by atoms with van der Waals surface area (Å²) in [6.45, 7) is 1.08. The molecule has 0 radical (unpaired) electrons. The van der Waals surface area contributed by atoms with E-state index in [2.05, 4.69) is 9.71 Å². The van der Waals surface area contributed by atoms with Crippen LogP contribution in [0.5, 0.6) is 0 Å². The molecule has 5 rings (SSSR count). The number of para-hydroxylation sites is 1. The molecule has 1 aliphatic heterocycles. The third kappa shape index (κ3) is 3.75. The minimum atomic E-state index is -3.72. The molecule has 0 aliphatic carbocycles. The van der Waals surface area contributed by atoms with E-state index in [1.165, 1.54) is 0 Å². The van der Waals surface area contributed by atoms with Gasteiger partial charge >= 0.3 is 0 Å². The maximum absolute atomic E-state index is 14.0.